The van der Waals surface area contributed by atoms with Crippen LogP contribution in [-0.4, -0.2) is 51.5 Å². The van der Waals surface area contributed by atoms with Crippen molar-refractivity contribution in [2.24, 2.45) is 5.92 Å². The minimum Gasteiger partial charge on any atom is -0.492 e. The number of carbonyl (C=O) groups excluding carboxylic acids is 1. The summed E-state index contributed by atoms with van der Waals surface area (Å²) in [5.41, 5.74) is 0.487. The van der Waals surface area contributed by atoms with Gasteiger partial charge in [0.1, 0.15) is 10.6 Å². The summed E-state index contributed by atoms with van der Waals surface area (Å²) in [4.78, 5) is 12.6. The molecule has 1 aromatic rings. The molecule has 8 heteroatoms. The molecular formula is C19H28N2O5S. The van der Waals surface area contributed by atoms with Gasteiger partial charge in [-0.25, -0.2) is 8.42 Å². The molecule has 2 aliphatic rings. The van der Waals surface area contributed by atoms with Gasteiger partial charge >= 0.3 is 0 Å². The fraction of sp³-hybridized carbons (Fsp3) is 0.632. The first-order valence-electron chi connectivity index (χ1n) is 9.68. The third-order valence-corrected chi connectivity index (χ3v) is 6.99. The van der Waals surface area contributed by atoms with Crippen molar-refractivity contribution in [1.82, 2.24) is 4.31 Å². The number of nitrogens with one attached hydrogen (secondary N) is 1. The molecule has 0 unspecified atom stereocenters. The summed E-state index contributed by atoms with van der Waals surface area (Å²) in [6.07, 6.45) is 5.09. The molecule has 0 aromatic heterocycles. The lowest BCUT2D eigenvalue weighted by molar-refractivity contribution is -0.120. The van der Waals surface area contributed by atoms with Gasteiger partial charge in [-0.05, 0) is 38.0 Å². The Hall–Kier alpha value is -1.64. The molecule has 1 heterocycles. The molecule has 1 saturated carbocycles. The van der Waals surface area contributed by atoms with Crippen LogP contribution in [0.25, 0.3) is 0 Å². The molecule has 2 fully saturated rings. The second-order valence-electron chi connectivity index (χ2n) is 6.94. The fourth-order valence-corrected chi connectivity index (χ4v) is 5.16. The minimum absolute atomic E-state index is 0.00428. The van der Waals surface area contributed by atoms with Crippen LogP contribution in [0.4, 0.5) is 5.69 Å². The largest absolute Gasteiger partial charge is 0.492 e. The van der Waals surface area contributed by atoms with E-state index >= 15 is 0 Å². The Bertz CT molecular complexity index is 753. The second-order valence-corrected chi connectivity index (χ2v) is 8.84. The normalized spacial score (nSPS) is 19.6. The molecule has 27 heavy (non-hydrogen) atoms. The Morgan fingerprint density at radius 3 is 2.59 bits per heavy atom. The summed E-state index contributed by atoms with van der Waals surface area (Å²) in [6, 6.07) is 4.83. The number of anilines is 1. The Morgan fingerprint density at radius 1 is 1.22 bits per heavy atom. The average molecular weight is 397 g/mol. The van der Waals surface area contributed by atoms with Crippen molar-refractivity contribution >= 4 is 21.6 Å². The van der Waals surface area contributed by atoms with Crippen LogP contribution < -0.4 is 10.1 Å². The minimum atomic E-state index is -3.72. The predicted molar refractivity (Wildman–Crippen MR) is 102 cm³/mol. The molecule has 1 aromatic carbocycles. The zero-order valence-corrected chi connectivity index (χ0v) is 16.6. The zero-order valence-electron chi connectivity index (χ0n) is 15.8. The quantitative estimate of drug-likeness (QED) is 0.799. The molecule has 0 radical (unpaired) electrons. The van der Waals surface area contributed by atoms with Crippen molar-refractivity contribution in [2.45, 2.75) is 43.9 Å². The van der Waals surface area contributed by atoms with Crippen LogP contribution in [0.2, 0.25) is 0 Å². The zero-order chi connectivity index (χ0) is 19.3. The first-order valence-corrected chi connectivity index (χ1v) is 11.1. The number of rotatable bonds is 6. The Kier molecular flexibility index (Phi) is 6.73. The van der Waals surface area contributed by atoms with Gasteiger partial charge in [-0.2, -0.15) is 4.31 Å². The van der Waals surface area contributed by atoms with E-state index in [0.29, 0.717) is 44.3 Å². The molecule has 1 N–H and O–H groups in total. The van der Waals surface area contributed by atoms with E-state index in [4.69, 9.17) is 9.47 Å². The molecule has 1 amide bonds. The van der Waals surface area contributed by atoms with E-state index in [2.05, 4.69) is 5.32 Å². The summed E-state index contributed by atoms with van der Waals surface area (Å²) in [6.45, 7) is 3.55. The van der Waals surface area contributed by atoms with Crippen LogP contribution in [-0.2, 0) is 19.6 Å². The van der Waals surface area contributed by atoms with Crippen molar-refractivity contribution in [3.63, 3.8) is 0 Å². The highest BCUT2D eigenvalue weighted by atomic mass is 32.2. The van der Waals surface area contributed by atoms with Crippen LogP contribution in [0.3, 0.4) is 0 Å². The number of morpholine rings is 1. The van der Waals surface area contributed by atoms with E-state index in [0.717, 1.165) is 25.7 Å². The van der Waals surface area contributed by atoms with Gasteiger partial charge in [0, 0.05) is 24.7 Å². The van der Waals surface area contributed by atoms with Crippen molar-refractivity contribution < 1.29 is 22.7 Å². The third kappa shape index (κ3) is 4.80. The number of ether oxygens (including phenoxy) is 2. The molecule has 1 aliphatic heterocycles. The lowest BCUT2D eigenvalue weighted by Crippen LogP contribution is -2.40. The van der Waals surface area contributed by atoms with Gasteiger partial charge in [0.2, 0.25) is 15.9 Å². The van der Waals surface area contributed by atoms with Crippen LogP contribution in [0.5, 0.6) is 5.75 Å². The SMILES string of the molecule is CCOc1ccc(NC(=O)C2CCCCC2)cc1S(=O)(=O)N1CCOCC1. The summed E-state index contributed by atoms with van der Waals surface area (Å²) < 4.78 is 38.4. The topological polar surface area (TPSA) is 84.9 Å². The molecule has 7 nitrogen and oxygen atoms in total. The second kappa shape index (κ2) is 9.03. The highest BCUT2D eigenvalue weighted by Crippen LogP contribution is 2.31. The van der Waals surface area contributed by atoms with Gasteiger partial charge in [0.15, 0.2) is 0 Å². The van der Waals surface area contributed by atoms with Gasteiger partial charge in [-0.15, -0.1) is 0 Å². The highest BCUT2D eigenvalue weighted by molar-refractivity contribution is 7.89. The fourth-order valence-electron chi connectivity index (χ4n) is 3.60. The maximum Gasteiger partial charge on any atom is 0.246 e. The lowest BCUT2D eigenvalue weighted by atomic mass is 9.88. The molecule has 1 saturated heterocycles. The predicted octanol–water partition coefficient (Wildman–Crippen LogP) is 2.63. The lowest BCUT2D eigenvalue weighted by Gasteiger charge is -2.27. The van der Waals surface area contributed by atoms with Crippen molar-refractivity contribution in [3.8, 4) is 5.75 Å². The van der Waals surface area contributed by atoms with Crippen LogP contribution in [0.15, 0.2) is 23.1 Å². The number of amides is 1. The average Bonchev–Trinajstić information content (AvgIpc) is 2.70. The Morgan fingerprint density at radius 2 is 1.93 bits per heavy atom. The first kappa shape index (κ1) is 20.1. The molecule has 0 bridgehead atoms. The van der Waals surface area contributed by atoms with Gasteiger partial charge < -0.3 is 14.8 Å². The Balaban J connectivity index is 1.84. The number of hydrogen-bond acceptors (Lipinski definition) is 5. The number of carbonyl (C=O) groups is 1. The van der Waals surface area contributed by atoms with Crippen molar-refractivity contribution in [3.05, 3.63) is 18.2 Å². The monoisotopic (exact) mass is 396 g/mol. The van der Waals surface area contributed by atoms with Gasteiger partial charge in [-0.3, -0.25) is 4.79 Å². The maximum absolute atomic E-state index is 13.1. The van der Waals surface area contributed by atoms with Gasteiger partial charge in [-0.1, -0.05) is 19.3 Å². The van der Waals surface area contributed by atoms with E-state index in [-0.39, 0.29) is 16.7 Å². The van der Waals surface area contributed by atoms with Crippen LogP contribution >= 0.6 is 0 Å². The number of hydrogen-bond donors (Lipinski definition) is 1. The standard InChI is InChI=1S/C19H28N2O5S/c1-2-26-17-9-8-16(20-19(22)15-6-4-3-5-7-15)14-18(17)27(23,24)21-10-12-25-13-11-21/h8-9,14-15H,2-7,10-13H2,1H3,(H,20,22). The third-order valence-electron chi connectivity index (χ3n) is 5.07. The van der Waals surface area contributed by atoms with E-state index < -0.39 is 10.0 Å². The summed E-state index contributed by atoms with van der Waals surface area (Å²) >= 11 is 0. The van der Waals surface area contributed by atoms with E-state index in [1.807, 2.05) is 6.92 Å². The maximum atomic E-state index is 13.1. The molecule has 1 aliphatic carbocycles. The van der Waals surface area contributed by atoms with E-state index in [1.165, 1.54) is 16.8 Å². The van der Waals surface area contributed by atoms with Crippen LogP contribution in [0, 0.1) is 5.92 Å². The molecule has 0 spiro atoms. The van der Waals surface area contributed by atoms with Crippen molar-refractivity contribution in [2.75, 3.05) is 38.2 Å². The van der Waals surface area contributed by atoms with E-state index in [1.54, 1.807) is 12.1 Å². The smallest absolute Gasteiger partial charge is 0.246 e. The summed E-state index contributed by atoms with van der Waals surface area (Å²) in [5, 5.41) is 2.89. The highest BCUT2D eigenvalue weighted by Gasteiger charge is 2.30. The summed E-state index contributed by atoms with van der Waals surface area (Å²) in [5.74, 6) is 0.276. The number of nitrogens with zero attached hydrogens (tertiary/aromatic N) is 1. The number of sulfonamides is 1. The Labute approximate surface area is 161 Å². The molecule has 150 valence electrons. The molecule has 3 rings (SSSR count). The first-order chi connectivity index (χ1) is 13.0. The summed E-state index contributed by atoms with van der Waals surface area (Å²) in [7, 11) is -3.72. The van der Waals surface area contributed by atoms with Gasteiger partial charge in [0.25, 0.3) is 0 Å². The van der Waals surface area contributed by atoms with Crippen LogP contribution in [0.1, 0.15) is 39.0 Å². The number of benzene rings is 1. The van der Waals surface area contributed by atoms with Gasteiger partial charge in [0.05, 0.1) is 19.8 Å². The van der Waals surface area contributed by atoms with Crippen molar-refractivity contribution in [1.29, 1.82) is 0 Å². The van der Waals surface area contributed by atoms with E-state index in [9.17, 15) is 13.2 Å². The molecular weight excluding hydrogens is 368 g/mol. The molecule has 0 atom stereocenters.